The van der Waals surface area contributed by atoms with E-state index in [0.717, 1.165) is 30.8 Å². The number of hydrogen-bond donors (Lipinski definition) is 1. The Morgan fingerprint density at radius 2 is 1.42 bits per heavy atom. The molecule has 1 aromatic rings. The summed E-state index contributed by atoms with van der Waals surface area (Å²) < 4.78 is 11.0. The number of unbranched alkanes of at least 4 members (excludes halogenated alkanes) is 2. The first-order chi connectivity index (χ1) is 9.26. The molecule has 0 radical (unpaired) electrons. The minimum atomic E-state index is 0.698. The summed E-state index contributed by atoms with van der Waals surface area (Å²) in [5.41, 5.74) is 8.00. The summed E-state index contributed by atoms with van der Waals surface area (Å²) in [6.07, 6.45) is 6.62. The van der Waals surface area contributed by atoms with E-state index < -0.39 is 0 Å². The van der Waals surface area contributed by atoms with E-state index in [1.807, 2.05) is 0 Å². The van der Waals surface area contributed by atoms with Crippen molar-refractivity contribution in [3.8, 4) is 11.5 Å². The second-order valence-corrected chi connectivity index (χ2v) is 4.83. The zero-order valence-corrected chi connectivity index (χ0v) is 12.5. The molecule has 19 heavy (non-hydrogen) atoms. The van der Waals surface area contributed by atoms with Crippen molar-refractivity contribution in [2.75, 3.05) is 20.8 Å². The van der Waals surface area contributed by atoms with Crippen LogP contribution in [0.3, 0.4) is 0 Å². The zero-order valence-electron chi connectivity index (χ0n) is 12.5. The molecule has 0 saturated heterocycles. The van der Waals surface area contributed by atoms with Crippen LogP contribution in [0, 0.1) is 0 Å². The monoisotopic (exact) mass is 265 g/mol. The van der Waals surface area contributed by atoms with Crippen LogP contribution in [-0.2, 0) is 12.8 Å². The maximum atomic E-state index is 5.58. The third kappa shape index (κ3) is 4.75. The highest BCUT2D eigenvalue weighted by Crippen LogP contribution is 2.30. The number of rotatable bonds is 9. The van der Waals surface area contributed by atoms with Gasteiger partial charge in [-0.3, -0.25) is 0 Å². The quantitative estimate of drug-likeness (QED) is 0.697. The number of ether oxygens (including phenoxy) is 2. The average Bonchev–Trinajstić information content (AvgIpc) is 2.45. The van der Waals surface area contributed by atoms with E-state index >= 15 is 0 Å². The Morgan fingerprint density at radius 1 is 0.895 bits per heavy atom. The summed E-state index contributed by atoms with van der Waals surface area (Å²) in [7, 11) is 3.46. The second kappa shape index (κ2) is 8.81. The Labute approximate surface area is 117 Å². The van der Waals surface area contributed by atoms with E-state index in [1.165, 1.54) is 30.4 Å². The van der Waals surface area contributed by atoms with Gasteiger partial charge in [-0.05, 0) is 55.5 Å². The summed E-state index contributed by atoms with van der Waals surface area (Å²) in [6, 6.07) is 4.23. The first kappa shape index (κ1) is 15.8. The van der Waals surface area contributed by atoms with Crippen LogP contribution in [0.1, 0.15) is 43.7 Å². The van der Waals surface area contributed by atoms with Gasteiger partial charge in [0.1, 0.15) is 11.5 Å². The molecule has 1 aromatic carbocycles. The van der Waals surface area contributed by atoms with Crippen molar-refractivity contribution in [2.45, 2.75) is 45.4 Å². The topological polar surface area (TPSA) is 44.5 Å². The smallest absolute Gasteiger partial charge is 0.122 e. The van der Waals surface area contributed by atoms with Crippen LogP contribution < -0.4 is 15.2 Å². The van der Waals surface area contributed by atoms with Crippen LogP contribution in [-0.4, -0.2) is 20.8 Å². The standard InChI is InChI=1S/C16H27NO2/c1-4-5-6-8-13-11-16(19-3)14(9-7-10-17)12-15(13)18-2/h11-12H,4-10,17H2,1-3H3. The highest BCUT2D eigenvalue weighted by molar-refractivity contribution is 5.46. The number of nitrogens with two attached hydrogens (primary N) is 1. The molecule has 0 aliphatic carbocycles. The predicted octanol–water partition coefficient (Wildman–Crippen LogP) is 3.33. The Morgan fingerprint density at radius 3 is 1.84 bits per heavy atom. The van der Waals surface area contributed by atoms with Crippen molar-refractivity contribution >= 4 is 0 Å². The van der Waals surface area contributed by atoms with E-state index in [1.54, 1.807) is 14.2 Å². The van der Waals surface area contributed by atoms with Crippen molar-refractivity contribution in [1.82, 2.24) is 0 Å². The van der Waals surface area contributed by atoms with Crippen molar-refractivity contribution in [3.05, 3.63) is 23.3 Å². The number of methoxy groups -OCH3 is 2. The molecule has 1 rings (SSSR count). The van der Waals surface area contributed by atoms with Crippen LogP contribution in [0.4, 0.5) is 0 Å². The molecular weight excluding hydrogens is 238 g/mol. The average molecular weight is 265 g/mol. The SMILES string of the molecule is CCCCCc1cc(OC)c(CCCN)cc1OC. The van der Waals surface area contributed by atoms with Gasteiger partial charge in [-0.15, -0.1) is 0 Å². The van der Waals surface area contributed by atoms with Crippen molar-refractivity contribution in [1.29, 1.82) is 0 Å². The molecule has 0 aliphatic heterocycles. The fourth-order valence-corrected chi connectivity index (χ4v) is 2.27. The van der Waals surface area contributed by atoms with Crippen molar-refractivity contribution in [3.63, 3.8) is 0 Å². The molecule has 3 heteroatoms. The third-order valence-corrected chi connectivity index (χ3v) is 3.38. The maximum Gasteiger partial charge on any atom is 0.122 e. The van der Waals surface area contributed by atoms with Gasteiger partial charge in [0.25, 0.3) is 0 Å². The number of benzene rings is 1. The van der Waals surface area contributed by atoms with Gasteiger partial charge in [0.2, 0.25) is 0 Å². The van der Waals surface area contributed by atoms with E-state index in [4.69, 9.17) is 15.2 Å². The van der Waals surface area contributed by atoms with E-state index in [0.29, 0.717) is 6.54 Å². The van der Waals surface area contributed by atoms with Crippen LogP contribution in [0.15, 0.2) is 12.1 Å². The fraction of sp³-hybridized carbons (Fsp3) is 0.625. The lowest BCUT2D eigenvalue weighted by molar-refractivity contribution is 0.394. The lowest BCUT2D eigenvalue weighted by Gasteiger charge is -2.15. The maximum absolute atomic E-state index is 5.58. The molecule has 0 heterocycles. The highest BCUT2D eigenvalue weighted by Gasteiger charge is 2.10. The van der Waals surface area contributed by atoms with Gasteiger partial charge in [0.05, 0.1) is 14.2 Å². The molecule has 0 spiro atoms. The second-order valence-electron chi connectivity index (χ2n) is 4.83. The van der Waals surface area contributed by atoms with Crippen LogP contribution in [0.25, 0.3) is 0 Å². The molecule has 0 atom stereocenters. The Balaban J connectivity index is 2.91. The lowest BCUT2D eigenvalue weighted by atomic mass is 10.0. The Bertz CT molecular complexity index is 377. The highest BCUT2D eigenvalue weighted by atomic mass is 16.5. The van der Waals surface area contributed by atoms with Crippen LogP contribution in [0.5, 0.6) is 11.5 Å². The molecule has 2 N–H and O–H groups in total. The molecule has 3 nitrogen and oxygen atoms in total. The molecule has 0 bridgehead atoms. The summed E-state index contributed by atoms with van der Waals surface area (Å²) >= 11 is 0. The fourth-order valence-electron chi connectivity index (χ4n) is 2.27. The van der Waals surface area contributed by atoms with E-state index in [9.17, 15) is 0 Å². The molecule has 0 aromatic heterocycles. The molecule has 0 saturated carbocycles. The Kier molecular flexibility index (Phi) is 7.34. The minimum absolute atomic E-state index is 0.698. The van der Waals surface area contributed by atoms with E-state index in [2.05, 4.69) is 19.1 Å². The van der Waals surface area contributed by atoms with Gasteiger partial charge >= 0.3 is 0 Å². The first-order valence-corrected chi connectivity index (χ1v) is 7.20. The van der Waals surface area contributed by atoms with Crippen LogP contribution >= 0.6 is 0 Å². The minimum Gasteiger partial charge on any atom is -0.496 e. The van der Waals surface area contributed by atoms with Crippen molar-refractivity contribution < 1.29 is 9.47 Å². The summed E-state index contributed by atoms with van der Waals surface area (Å²) in [5.74, 6) is 1.93. The molecule has 0 aliphatic rings. The number of aryl methyl sites for hydroxylation is 2. The molecule has 0 fully saturated rings. The van der Waals surface area contributed by atoms with Crippen LogP contribution in [0.2, 0.25) is 0 Å². The van der Waals surface area contributed by atoms with Gasteiger partial charge in [0.15, 0.2) is 0 Å². The molecule has 0 amide bonds. The van der Waals surface area contributed by atoms with E-state index in [-0.39, 0.29) is 0 Å². The summed E-state index contributed by atoms with van der Waals surface area (Å²) in [4.78, 5) is 0. The third-order valence-electron chi connectivity index (χ3n) is 3.38. The lowest BCUT2D eigenvalue weighted by Crippen LogP contribution is -2.03. The summed E-state index contributed by atoms with van der Waals surface area (Å²) in [6.45, 7) is 2.91. The Hall–Kier alpha value is -1.22. The van der Waals surface area contributed by atoms with Gasteiger partial charge in [-0.2, -0.15) is 0 Å². The summed E-state index contributed by atoms with van der Waals surface area (Å²) in [5, 5.41) is 0. The predicted molar refractivity (Wildman–Crippen MR) is 80.2 cm³/mol. The van der Waals surface area contributed by atoms with Crippen molar-refractivity contribution in [2.24, 2.45) is 5.73 Å². The van der Waals surface area contributed by atoms with Gasteiger partial charge in [-0.1, -0.05) is 19.8 Å². The van der Waals surface area contributed by atoms with Gasteiger partial charge in [0, 0.05) is 0 Å². The normalized spacial score (nSPS) is 10.5. The number of hydrogen-bond acceptors (Lipinski definition) is 3. The first-order valence-electron chi connectivity index (χ1n) is 7.20. The zero-order chi connectivity index (χ0) is 14.1. The van der Waals surface area contributed by atoms with Gasteiger partial charge in [-0.25, -0.2) is 0 Å². The van der Waals surface area contributed by atoms with Gasteiger partial charge < -0.3 is 15.2 Å². The largest absolute Gasteiger partial charge is 0.496 e. The molecule has 0 unspecified atom stereocenters. The molecular formula is C16H27NO2. The molecule has 108 valence electrons.